The number of aliphatic hydroxyl groups excluding tert-OH is 2. The minimum atomic E-state index is -0.754. The lowest BCUT2D eigenvalue weighted by Crippen LogP contribution is -2.19. The van der Waals surface area contributed by atoms with Crippen LogP contribution in [0, 0.1) is 17.8 Å². The molecule has 2 unspecified atom stereocenters. The molecule has 1 saturated carbocycles. The van der Waals surface area contributed by atoms with E-state index in [0.717, 1.165) is 38.5 Å². The number of aliphatic hydroxyl groups is 2. The number of hydrogen-bond donors (Lipinski definition) is 3. The molecule has 3 N–H and O–H groups in total. The first-order chi connectivity index (χ1) is 11.5. The fourth-order valence-electron chi connectivity index (χ4n) is 3.46. The summed E-state index contributed by atoms with van der Waals surface area (Å²) in [5, 5.41) is 29.0. The highest BCUT2D eigenvalue weighted by Gasteiger charge is 2.32. The summed E-state index contributed by atoms with van der Waals surface area (Å²) in [7, 11) is 0. The molecule has 4 heteroatoms. The second kappa shape index (κ2) is 11.4. The van der Waals surface area contributed by atoms with Crippen molar-refractivity contribution in [1.82, 2.24) is 0 Å². The highest BCUT2D eigenvalue weighted by molar-refractivity contribution is 5.66. The van der Waals surface area contributed by atoms with E-state index in [1.807, 2.05) is 12.2 Å². The number of carbonyl (C=O) groups is 1. The largest absolute Gasteiger partial charge is 0.481 e. The highest BCUT2D eigenvalue weighted by Crippen LogP contribution is 2.36. The van der Waals surface area contributed by atoms with Crippen molar-refractivity contribution in [2.45, 2.75) is 77.4 Å². The summed E-state index contributed by atoms with van der Waals surface area (Å²) in [6, 6.07) is 0. The second-order valence-electron chi connectivity index (χ2n) is 7.11. The molecule has 5 atom stereocenters. The number of hydrogen-bond acceptors (Lipinski definition) is 3. The molecule has 1 rings (SSSR count). The number of carboxylic acids is 1. The van der Waals surface area contributed by atoms with Crippen molar-refractivity contribution in [2.75, 3.05) is 0 Å². The predicted molar refractivity (Wildman–Crippen MR) is 96.7 cm³/mol. The average Bonchev–Trinajstić information content (AvgIpc) is 2.88. The summed E-state index contributed by atoms with van der Waals surface area (Å²) in [4.78, 5) is 10.5. The van der Waals surface area contributed by atoms with Crippen LogP contribution >= 0.6 is 0 Å². The van der Waals surface area contributed by atoms with Crippen molar-refractivity contribution in [3.8, 4) is 0 Å². The topological polar surface area (TPSA) is 77.8 Å². The Labute approximate surface area is 146 Å². The van der Waals surface area contributed by atoms with Crippen LogP contribution in [-0.2, 0) is 4.79 Å². The van der Waals surface area contributed by atoms with E-state index in [-0.39, 0.29) is 24.4 Å². The molecule has 1 aliphatic rings. The van der Waals surface area contributed by atoms with E-state index in [1.54, 1.807) is 0 Å². The van der Waals surface area contributed by atoms with Gasteiger partial charge in [-0.2, -0.15) is 0 Å². The fraction of sp³-hybridized carbons (Fsp3) is 0.750. The highest BCUT2D eigenvalue weighted by atomic mass is 16.4. The Balaban J connectivity index is 2.43. The Bertz CT molecular complexity index is 416. The molecule has 4 nitrogen and oxygen atoms in total. The van der Waals surface area contributed by atoms with Crippen LogP contribution in [0.25, 0.3) is 0 Å². The third kappa shape index (κ3) is 7.63. The lowest BCUT2D eigenvalue weighted by atomic mass is 9.89. The molecule has 0 aromatic carbocycles. The molecule has 0 bridgehead atoms. The van der Waals surface area contributed by atoms with E-state index < -0.39 is 12.1 Å². The van der Waals surface area contributed by atoms with Crippen LogP contribution in [0.4, 0.5) is 0 Å². The number of carboxylic acid groups (broad SMARTS) is 1. The second-order valence-corrected chi connectivity index (χ2v) is 7.11. The lowest BCUT2D eigenvalue weighted by molar-refractivity contribution is -0.137. The summed E-state index contributed by atoms with van der Waals surface area (Å²) in [5.41, 5.74) is 0. The van der Waals surface area contributed by atoms with Gasteiger partial charge < -0.3 is 15.3 Å². The Morgan fingerprint density at radius 1 is 1.29 bits per heavy atom. The first kappa shape index (κ1) is 20.9. The van der Waals surface area contributed by atoms with Crippen molar-refractivity contribution < 1.29 is 20.1 Å². The number of unbranched alkanes of at least 4 members (excludes halogenated alkanes) is 1. The van der Waals surface area contributed by atoms with E-state index in [1.165, 1.54) is 0 Å². The minimum absolute atomic E-state index is 0.200. The Kier molecular flexibility index (Phi) is 9.96. The maximum Gasteiger partial charge on any atom is 0.303 e. The van der Waals surface area contributed by atoms with Crippen molar-refractivity contribution in [1.29, 1.82) is 0 Å². The standard InChI is InChI=1S/C20H34O4/c1-3-8-15(2)18(21)13-11-16-12-14-19(22)17(16)9-6-4-5-7-10-20(23)24/h4,6,11,13,15-19,21-22H,3,5,7-10,12,14H2,1-2H3,(H,23,24)/t15?,16-,17+,18?,19-/m0/s1. The minimum Gasteiger partial charge on any atom is -0.481 e. The molecule has 0 aromatic rings. The van der Waals surface area contributed by atoms with Gasteiger partial charge in [0.25, 0.3) is 0 Å². The molecule has 24 heavy (non-hydrogen) atoms. The van der Waals surface area contributed by atoms with Gasteiger partial charge in [-0.1, -0.05) is 44.6 Å². The van der Waals surface area contributed by atoms with E-state index >= 15 is 0 Å². The summed E-state index contributed by atoms with van der Waals surface area (Å²) < 4.78 is 0. The third-order valence-corrected chi connectivity index (χ3v) is 5.06. The van der Waals surface area contributed by atoms with E-state index in [9.17, 15) is 15.0 Å². The summed E-state index contributed by atoms with van der Waals surface area (Å²) >= 11 is 0. The summed E-state index contributed by atoms with van der Waals surface area (Å²) in [6.07, 6.45) is 13.7. The molecular formula is C20H34O4. The maximum absolute atomic E-state index is 10.5. The van der Waals surface area contributed by atoms with Gasteiger partial charge in [-0.15, -0.1) is 0 Å². The van der Waals surface area contributed by atoms with Gasteiger partial charge in [0.15, 0.2) is 0 Å². The van der Waals surface area contributed by atoms with Gasteiger partial charge in [0.05, 0.1) is 12.2 Å². The van der Waals surface area contributed by atoms with Gasteiger partial charge in [-0.25, -0.2) is 0 Å². The zero-order valence-corrected chi connectivity index (χ0v) is 15.1. The van der Waals surface area contributed by atoms with Crippen LogP contribution in [0.15, 0.2) is 24.3 Å². The maximum atomic E-state index is 10.5. The van der Waals surface area contributed by atoms with E-state index in [0.29, 0.717) is 12.3 Å². The van der Waals surface area contributed by atoms with Gasteiger partial charge in [0, 0.05) is 6.42 Å². The third-order valence-electron chi connectivity index (χ3n) is 5.06. The van der Waals surface area contributed by atoms with Crippen LogP contribution in [0.5, 0.6) is 0 Å². The SMILES string of the molecule is CCCC(C)C(O)C=C[C@H]1CC[C@H](O)[C@@H]1CC=CCCCC(=O)O. The van der Waals surface area contributed by atoms with Crippen LogP contribution in [0.1, 0.15) is 65.2 Å². The molecule has 0 heterocycles. The van der Waals surface area contributed by atoms with Crippen LogP contribution in [0.2, 0.25) is 0 Å². The average molecular weight is 338 g/mol. The first-order valence-corrected chi connectivity index (χ1v) is 9.36. The molecular weight excluding hydrogens is 304 g/mol. The van der Waals surface area contributed by atoms with Gasteiger partial charge >= 0.3 is 5.97 Å². The molecule has 138 valence electrons. The monoisotopic (exact) mass is 338 g/mol. The van der Waals surface area contributed by atoms with E-state index in [2.05, 4.69) is 26.0 Å². The van der Waals surface area contributed by atoms with Gasteiger partial charge in [0.1, 0.15) is 0 Å². The summed E-state index contributed by atoms with van der Waals surface area (Å²) in [6.45, 7) is 4.19. The van der Waals surface area contributed by atoms with Crippen molar-refractivity contribution in [2.24, 2.45) is 17.8 Å². The molecule has 0 spiro atoms. The molecule has 0 amide bonds. The number of rotatable bonds is 11. The smallest absolute Gasteiger partial charge is 0.303 e. The van der Waals surface area contributed by atoms with Crippen LogP contribution in [-0.4, -0.2) is 33.5 Å². The number of aliphatic carboxylic acids is 1. The normalized spacial score (nSPS) is 27.1. The Morgan fingerprint density at radius 2 is 2.04 bits per heavy atom. The van der Waals surface area contributed by atoms with Crippen molar-refractivity contribution in [3.05, 3.63) is 24.3 Å². The van der Waals surface area contributed by atoms with E-state index in [4.69, 9.17) is 5.11 Å². The Hall–Kier alpha value is -1.13. The van der Waals surface area contributed by atoms with Crippen LogP contribution < -0.4 is 0 Å². The lowest BCUT2D eigenvalue weighted by Gasteiger charge is -2.19. The molecule has 1 aliphatic carbocycles. The van der Waals surface area contributed by atoms with Crippen molar-refractivity contribution >= 4 is 5.97 Å². The molecule has 0 aromatic heterocycles. The van der Waals surface area contributed by atoms with Gasteiger partial charge in [0.2, 0.25) is 0 Å². The number of allylic oxidation sites excluding steroid dienone is 3. The predicted octanol–water partition coefficient (Wildman–Crippen LogP) is 3.93. The molecule has 0 radical (unpaired) electrons. The Morgan fingerprint density at radius 3 is 2.71 bits per heavy atom. The molecule has 0 saturated heterocycles. The molecule has 1 fully saturated rings. The molecule has 0 aliphatic heterocycles. The zero-order valence-electron chi connectivity index (χ0n) is 15.1. The fourth-order valence-corrected chi connectivity index (χ4v) is 3.46. The van der Waals surface area contributed by atoms with Gasteiger partial charge in [-0.3, -0.25) is 4.79 Å². The van der Waals surface area contributed by atoms with Crippen molar-refractivity contribution in [3.63, 3.8) is 0 Å². The van der Waals surface area contributed by atoms with Crippen LogP contribution in [0.3, 0.4) is 0 Å². The van der Waals surface area contributed by atoms with Gasteiger partial charge in [-0.05, 0) is 56.3 Å². The summed E-state index contributed by atoms with van der Waals surface area (Å²) in [5.74, 6) is 0.0265. The first-order valence-electron chi connectivity index (χ1n) is 9.36. The zero-order chi connectivity index (χ0) is 17.9. The quantitative estimate of drug-likeness (QED) is 0.394.